The fourth-order valence-electron chi connectivity index (χ4n) is 1.45. The minimum absolute atomic E-state index is 0.0272. The third-order valence-corrected chi connectivity index (χ3v) is 4.62. The predicted molar refractivity (Wildman–Crippen MR) is 70.1 cm³/mol. The van der Waals surface area contributed by atoms with E-state index in [0.29, 0.717) is 0 Å². The zero-order chi connectivity index (χ0) is 14.0. The fraction of sp³-hybridized carbons (Fsp3) is 0.400. The lowest BCUT2D eigenvalue weighted by atomic mass is 10.3. The Kier molecular flexibility index (Phi) is 4.36. The minimum Gasteiger partial charge on any atom is -0.282 e. The largest absolute Gasteiger partial charge is 0.282 e. The number of sulfonamides is 2. The molecule has 0 saturated heterocycles. The van der Waals surface area contributed by atoms with E-state index in [1.54, 1.807) is 13.8 Å². The molecule has 0 aromatic heterocycles. The topological polar surface area (TPSA) is 106 Å². The Hall–Kier alpha value is -1.12. The molecule has 1 rings (SSSR count). The fourth-order valence-corrected chi connectivity index (χ4v) is 3.68. The van der Waals surface area contributed by atoms with Crippen LogP contribution in [0.2, 0.25) is 0 Å². The number of rotatable bonds is 5. The van der Waals surface area contributed by atoms with Crippen molar-refractivity contribution in [2.45, 2.75) is 18.7 Å². The molecular weight excluding hydrogens is 276 g/mol. The Morgan fingerprint density at radius 2 is 1.72 bits per heavy atom. The highest BCUT2D eigenvalue weighted by atomic mass is 32.2. The lowest BCUT2D eigenvalue weighted by Gasteiger charge is -2.12. The molecule has 1 aromatic carbocycles. The van der Waals surface area contributed by atoms with Crippen LogP contribution >= 0.6 is 0 Å². The summed E-state index contributed by atoms with van der Waals surface area (Å²) in [6.07, 6.45) is 0. The molecule has 0 atom stereocenters. The number of benzene rings is 1. The van der Waals surface area contributed by atoms with Gasteiger partial charge in [-0.05, 0) is 18.1 Å². The summed E-state index contributed by atoms with van der Waals surface area (Å²) < 4.78 is 48.3. The Bertz CT molecular complexity index is 621. The summed E-state index contributed by atoms with van der Waals surface area (Å²) in [5.74, 6) is -0.157. The van der Waals surface area contributed by atoms with E-state index in [4.69, 9.17) is 5.14 Å². The van der Waals surface area contributed by atoms with Gasteiger partial charge in [0.2, 0.25) is 20.0 Å². The highest BCUT2D eigenvalue weighted by Crippen LogP contribution is 2.20. The zero-order valence-electron chi connectivity index (χ0n) is 10.1. The number of para-hydroxylation sites is 1. The van der Waals surface area contributed by atoms with Gasteiger partial charge in [0.05, 0.1) is 11.4 Å². The molecule has 3 N–H and O–H groups in total. The van der Waals surface area contributed by atoms with Gasteiger partial charge in [-0.3, -0.25) is 4.72 Å². The monoisotopic (exact) mass is 292 g/mol. The molecule has 0 aliphatic heterocycles. The van der Waals surface area contributed by atoms with E-state index in [0.717, 1.165) is 0 Å². The van der Waals surface area contributed by atoms with Crippen LogP contribution in [0, 0.1) is 5.92 Å². The molecule has 0 heterocycles. The first-order chi connectivity index (χ1) is 8.12. The summed E-state index contributed by atoms with van der Waals surface area (Å²) in [6.45, 7) is 3.51. The lowest BCUT2D eigenvalue weighted by Crippen LogP contribution is -2.22. The first-order valence-corrected chi connectivity index (χ1v) is 8.44. The molecule has 1 aromatic rings. The normalized spacial score (nSPS) is 12.7. The molecular formula is C10H16N2O4S2. The van der Waals surface area contributed by atoms with E-state index in [-0.39, 0.29) is 22.3 Å². The van der Waals surface area contributed by atoms with Crippen molar-refractivity contribution in [1.29, 1.82) is 0 Å². The molecule has 102 valence electrons. The third-order valence-electron chi connectivity index (χ3n) is 2.01. The first kappa shape index (κ1) is 14.9. The van der Waals surface area contributed by atoms with Gasteiger partial charge in [-0.2, -0.15) is 0 Å². The second kappa shape index (κ2) is 5.25. The number of nitrogens with two attached hydrogens (primary N) is 1. The van der Waals surface area contributed by atoms with Crippen LogP contribution in [0.4, 0.5) is 5.69 Å². The van der Waals surface area contributed by atoms with Gasteiger partial charge in [0, 0.05) is 0 Å². The molecule has 0 radical (unpaired) electrons. The Balaban J connectivity index is 3.14. The molecule has 6 nitrogen and oxygen atoms in total. The van der Waals surface area contributed by atoms with Crippen LogP contribution in [-0.2, 0) is 20.0 Å². The molecule has 0 bridgehead atoms. The Labute approximate surface area is 107 Å². The van der Waals surface area contributed by atoms with Gasteiger partial charge < -0.3 is 0 Å². The van der Waals surface area contributed by atoms with Gasteiger partial charge in [-0.15, -0.1) is 0 Å². The van der Waals surface area contributed by atoms with E-state index in [1.807, 2.05) is 0 Å². The van der Waals surface area contributed by atoms with Crippen LogP contribution in [0.3, 0.4) is 0 Å². The second-order valence-corrected chi connectivity index (χ2v) is 7.62. The number of hydrogen-bond acceptors (Lipinski definition) is 4. The quantitative estimate of drug-likeness (QED) is 0.834. The van der Waals surface area contributed by atoms with Crippen molar-refractivity contribution in [1.82, 2.24) is 0 Å². The predicted octanol–water partition coefficient (Wildman–Crippen LogP) is 0.732. The van der Waals surface area contributed by atoms with Crippen LogP contribution in [-0.4, -0.2) is 22.6 Å². The molecule has 0 aliphatic carbocycles. The highest BCUT2D eigenvalue weighted by molar-refractivity contribution is 7.93. The average Bonchev–Trinajstić information content (AvgIpc) is 2.13. The van der Waals surface area contributed by atoms with Gasteiger partial charge in [0.25, 0.3) is 0 Å². The van der Waals surface area contributed by atoms with Crippen LogP contribution in [0.1, 0.15) is 13.8 Å². The number of hydrogen-bond donors (Lipinski definition) is 2. The maximum atomic E-state index is 11.7. The van der Waals surface area contributed by atoms with Crippen molar-refractivity contribution in [3.05, 3.63) is 24.3 Å². The third kappa shape index (κ3) is 4.28. The van der Waals surface area contributed by atoms with Crippen molar-refractivity contribution in [3.63, 3.8) is 0 Å². The van der Waals surface area contributed by atoms with Gasteiger partial charge in [-0.1, -0.05) is 26.0 Å². The van der Waals surface area contributed by atoms with Crippen molar-refractivity contribution in [3.8, 4) is 0 Å². The lowest BCUT2D eigenvalue weighted by molar-refractivity contribution is 0.587. The summed E-state index contributed by atoms with van der Waals surface area (Å²) in [6, 6.07) is 5.61. The molecule has 0 amide bonds. The van der Waals surface area contributed by atoms with Crippen molar-refractivity contribution < 1.29 is 16.8 Å². The average molecular weight is 292 g/mol. The van der Waals surface area contributed by atoms with Crippen LogP contribution in [0.15, 0.2) is 29.2 Å². The summed E-state index contributed by atoms with van der Waals surface area (Å²) in [5.41, 5.74) is -0.0272. The van der Waals surface area contributed by atoms with Crippen molar-refractivity contribution >= 4 is 25.7 Å². The summed E-state index contributed by atoms with van der Waals surface area (Å²) in [7, 11) is -7.55. The Morgan fingerprint density at radius 3 is 2.22 bits per heavy atom. The molecule has 0 unspecified atom stereocenters. The molecule has 0 fully saturated rings. The second-order valence-electron chi connectivity index (χ2n) is 4.32. The summed E-state index contributed by atoms with van der Waals surface area (Å²) >= 11 is 0. The standard InChI is InChI=1S/C10H16N2O4S2/c1-8(2)7-17(13,14)12-9-5-3-4-6-10(9)18(11,15)16/h3-6,8,12H,7H2,1-2H3,(H2,11,15,16). The van der Waals surface area contributed by atoms with E-state index in [2.05, 4.69) is 4.72 Å². The Morgan fingerprint density at radius 1 is 1.17 bits per heavy atom. The van der Waals surface area contributed by atoms with Crippen molar-refractivity contribution in [2.24, 2.45) is 11.1 Å². The SMILES string of the molecule is CC(C)CS(=O)(=O)Nc1ccccc1S(N)(=O)=O. The molecule has 0 aliphatic rings. The minimum atomic E-state index is -3.96. The van der Waals surface area contributed by atoms with Gasteiger partial charge in [0.15, 0.2) is 0 Å². The van der Waals surface area contributed by atoms with Crippen LogP contribution < -0.4 is 9.86 Å². The number of primary sulfonamides is 1. The molecule has 0 saturated carbocycles. The van der Waals surface area contributed by atoms with E-state index < -0.39 is 20.0 Å². The number of anilines is 1. The van der Waals surface area contributed by atoms with E-state index in [1.165, 1.54) is 24.3 Å². The van der Waals surface area contributed by atoms with E-state index in [9.17, 15) is 16.8 Å². The van der Waals surface area contributed by atoms with Gasteiger partial charge in [0.1, 0.15) is 4.90 Å². The van der Waals surface area contributed by atoms with Crippen LogP contribution in [0.5, 0.6) is 0 Å². The highest BCUT2D eigenvalue weighted by Gasteiger charge is 2.18. The van der Waals surface area contributed by atoms with Gasteiger partial charge in [-0.25, -0.2) is 22.0 Å². The van der Waals surface area contributed by atoms with E-state index >= 15 is 0 Å². The smallest absolute Gasteiger partial charge is 0.240 e. The first-order valence-electron chi connectivity index (χ1n) is 5.24. The van der Waals surface area contributed by atoms with Gasteiger partial charge >= 0.3 is 0 Å². The maximum absolute atomic E-state index is 11.7. The zero-order valence-corrected chi connectivity index (χ0v) is 11.8. The molecule has 18 heavy (non-hydrogen) atoms. The van der Waals surface area contributed by atoms with Crippen molar-refractivity contribution in [2.75, 3.05) is 10.5 Å². The molecule has 0 spiro atoms. The maximum Gasteiger partial charge on any atom is 0.240 e. The van der Waals surface area contributed by atoms with Crippen LogP contribution in [0.25, 0.3) is 0 Å². The molecule has 8 heteroatoms. The summed E-state index contributed by atoms with van der Waals surface area (Å²) in [5, 5.41) is 5.02. The summed E-state index contributed by atoms with van der Waals surface area (Å²) in [4.78, 5) is -0.239. The number of nitrogens with one attached hydrogen (secondary N) is 1.